The molecule has 22 heavy (non-hydrogen) atoms. The highest BCUT2D eigenvalue weighted by atomic mass is 35.5. The molecule has 1 aromatic heterocycles. The average molecular weight is 359 g/mol. The second-order valence-electron chi connectivity index (χ2n) is 4.98. The first kappa shape index (κ1) is 19.1. The molecule has 126 valence electrons. The van der Waals surface area contributed by atoms with Crippen LogP contribution in [0, 0.1) is 5.92 Å². The number of carbonyl (C=O) groups is 1. The summed E-state index contributed by atoms with van der Waals surface area (Å²) in [5, 5.41) is 6.19. The highest BCUT2D eigenvalue weighted by molar-refractivity contribution is 7.13. The fourth-order valence-corrected chi connectivity index (χ4v) is 2.94. The zero-order valence-corrected chi connectivity index (χ0v) is 13.5. The number of hydrogen-bond donors (Lipinski definition) is 2. The van der Waals surface area contributed by atoms with Gasteiger partial charge in [-0.05, 0) is 32.0 Å². The van der Waals surface area contributed by atoms with Gasteiger partial charge in [0.1, 0.15) is 0 Å². The van der Waals surface area contributed by atoms with Gasteiger partial charge in [0.05, 0.1) is 12.0 Å². The van der Waals surface area contributed by atoms with Crippen molar-refractivity contribution in [3.05, 3.63) is 17.0 Å². The molecule has 1 amide bonds. The van der Waals surface area contributed by atoms with Crippen LogP contribution in [0.1, 0.15) is 24.3 Å². The topological polar surface area (TPSA) is 50.4 Å². The molecule has 0 radical (unpaired) electrons. The number of halogens is 4. The van der Waals surface area contributed by atoms with Gasteiger partial charge in [-0.15, -0.1) is 23.7 Å². The van der Waals surface area contributed by atoms with E-state index in [4.69, 9.17) is 0 Å². The Morgan fingerprint density at radius 1 is 1.55 bits per heavy atom. The van der Waals surface area contributed by atoms with Crippen LogP contribution in [0.2, 0.25) is 0 Å². The van der Waals surface area contributed by atoms with Gasteiger partial charge < -0.3 is 15.4 Å². The first-order chi connectivity index (χ1) is 9.85. The SMILES string of the molecule is C[C@@H](NC(=O)[C@@H]1CCNC1)c1ccc(OCC(F)(F)F)s1.Cl. The molecule has 4 nitrogen and oxygen atoms in total. The number of thiophene rings is 1. The fourth-order valence-electron chi connectivity index (χ4n) is 2.08. The second kappa shape index (κ2) is 8.03. The van der Waals surface area contributed by atoms with Crippen molar-refractivity contribution in [3.8, 4) is 5.06 Å². The van der Waals surface area contributed by atoms with Crippen LogP contribution in [0.25, 0.3) is 0 Å². The van der Waals surface area contributed by atoms with Crippen LogP contribution < -0.4 is 15.4 Å². The lowest BCUT2D eigenvalue weighted by Crippen LogP contribution is -2.33. The van der Waals surface area contributed by atoms with Gasteiger partial charge in [-0.1, -0.05) is 0 Å². The van der Waals surface area contributed by atoms with Crippen LogP contribution in [0.15, 0.2) is 12.1 Å². The molecule has 1 fully saturated rings. The minimum absolute atomic E-state index is 0. The Labute approximate surface area is 136 Å². The van der Waals surface area contributed by atoms with Gasteiger partial charge in [-0.25, -0.2) is 0 Å². The maximum Gasteiger partial charge on any atom is 0.422 e. The average Bonchev–Trinajstić information content (AvgIpc) is 3.07. The molecule has 2 heterocycles. The van der Waals surface area contributed by atoms with Crippen LogP contribution >= 0.6 is 23.7 Å². The molecule has 2 rings (SSSR count). The minimum Gasteiger partial charge on any atom is -0.475 e. The Kier molecular flexibility index (Phi) is 6.96. The Hall–Kier alpha value is -0.990. The Morgan fingerprint density at radius 2 is 2.27 bits per heavy atom. The summed E-state index contributed by atoms with van der Waals surface area (Å²) < 4.78 is 40.9. The standard InChI is InChI=1S/C13H17F3N2O2S.ClH/c1-8(18-12(19)9-4-5-17-6-9)10-2-3-11(21-10)20-7-13(14,15)16;/h2-3,8-9,17H,4-7H2,1H3,(H,18,19);1H/t8-,9-;/m1./s1. The smallest absolute Gasteiger partial charge is 0.422 e. The van der Waals surface area contributed by atoms with E-state index in [1.807, 2.05) is 0 Å². The lowest BCUT2D eigenvalue weighted by atomic mass is 10.1. The van der Waals surface area contributed by atoms with Crippen LogP contribution in [0.3, 0.4) is 0 Å². The van der Waals surface area contributed by atoms with E-state index >= 15 is 0 Å². The van der Waals surface area contributed by atoms with Gasteiger partial charge in [-0.3, -0.25) is 4.79 Å². The number of hydrogen-bond acceptors (Lipinski definition) is 4. The Morgan fingerprint density at radius 3 is 2.86 bits per heavy atom. The number of rotatable bonds is 5. The molecule has 1 aliphatic heterocycles. The van der Waals surface area contributed by atoms with Gasteiger partial charge in [0.25, 0.3) is 0 Å². The highest BCUT2D eigenvalue weighted by Gasteiger charge is 2.29. The third-order valence-electron chi connectivity index (χ3n) is 3.20. The summed E-state index contributed by atoms with van der Waals surface area (Å²) in [6.45, 7) is 2.00. The summed E-state index contributed by atoms with van der Waals surface area (Å²) in [4.78, 5) is 12.7. The number of carbonyl (C=O) groups excluding carboxylic acids is 1. The minimum atomic E-state index is -4.35. The normalized spacial score (nSPS) is 19.4. The van der Waals surface area contributed by atoms with E-state index in [1.165, 1.54) is 6.07 Å². The van der Waals surface area contributed by atoms with Crippen molar-refractivity contribution in [1.82, 2.24) is 10.6 Å². The van der Waals surface area contributed by atoms with E-state index in [0.717, 1.165) is 29.2 Å². The predicted octanol–water partition coefficient (Wildman–Crippen LogP) is 2.90. The van der Waals surface area contributed by atoms with Crippen molar-refractivity contribution in [3.63, 3.8) is 0 Å². The van der Waals surface area contributed by atoms with Crippen molar-refractivity contribution >= 4 is 29.7 Å². The van der Waals surface area contributed by atoms with E-state index in [1.54, 1.807) is 13.0 Å². The van der Waals surface area contributed by atoms with Gasteiger partial charge in [0.2, 0.25) is 5.91 Å². The molecule has 0 aliphatic carbocycles. The first-order valence-corrected chi connectivity index (χ1v) is 7.47. The number of amides is 1. The zero-order chi connectivity index (χ0) is 15.5. The molecule has 0 bridgehead atoms. The molecule has 0 spiro atoms. The third-order valence-corrected chi connectivity index (χ3v) is 4.38. The molecule has 0 unspecified atom stereocenters. The predicted molar refractivity (Wildman–Crippen MR) is 80.7 cm³/mol. The highest BCUT2D eigenvalue weighted by Crippen LogP contribution is 2.30. The number of ether oxygens (including phenoxy) is 1. The summed E-state index contributed by atoms with van der Waals surface area (Å²) in [6, 6.07) is 2.92. The molecular formula is C13H18ClF3N2O2S. The lowest BCUT2D eigenvalue weighted by molar-refractivity contribution is -0.152. The van der Waals surface area contributed by atoms with Crippen molar-refractivity contribution < 1.29 is 22.7 Å². The third kappa shape index (κ3) is 5.66. The van der Waals surface area contributed by atoms with Gasteiger partial charge >= 0.3 is 6.18 Å². The first-order valence-electron chi connectivity index (χ1n) is 6.65. The Bertz CT molecular complexity index is 490. The molecule has 2 N–H and O–H groups in total. The molecule has 0 saturated carbocycles. The van der Waals surface area contributed by atoms with E-state index in [0.29, 0.717) is 6.54 Å². The second-order valence-corrected chi connectivity index (χ2v) is 6.06. The fraction of sp³-hybridized carbons (Fsp3) is 0.615. The van der Waals surface area contributed by atoms with E-state index in [-0.39, 0.29) is 35.3 Å². The molecule has 1 saturated heterocycles. The molecule has 0 aromatic carbocycles. The largest absolute Gasteiger partial charge is 0.475 e. The number of nitrogens with one attached hydrogen (secondary N) is 2. The van der Waals surface area contributed by atoms with Crippen molar-refractivity contribution in [1.29, 1.82) is 0 Å². The quantitative estimate of drug-likeness (QED) is 0.851. The van der Waals surface area contributed by atoms with Crippen LogP contribution in [-0.2, 0) is 4.79 Å². The van der Waals surface area contributed by atoms with Crippen molar-refractivity contribution in [2.45, 2.75) is 25.6 Å². The maximum atomic E-state index is 12.1. The van der Waals surface area contributed by atoms with Gasteiger partial charge in [0.15, 0.2) is 11.7 Å². The van der Waals surface area contributed by atoms with Crippen molar-refractivity contribution in [2.75, 3.05) is 19.7 Å². The van der Waals surface area contributed by atoms with Gasteiger partial charge in [-0.2, -0.15) is 13.2 Å². The summed E-state index contributed by atoms with van der Waals surface area (Å²) in [6.07, 6.45) is -3.54. The Balaban J connectivity index is 0.00000242. The van der Waals surface area contributed by atoms with Gasteiger partial charge in [0, 0.05) is 11.4 Å². The summed E-state index contributed by atoms with van der Waals surface area (Å²) in [5.41, 5.74) is 0. The zero-order valence-electron chi connectivity index (χ0n) is 11.9. The van der Waals surface area contributed by atoms with E-state index in [2.05, 4.69) is 15.4 Å². The lowest BCUT2D eigenvalue weighted by Gasteiger charge is -2.15. The van der Waals surface area contributed by atoms with Crippen LogP contribution in [0.4, 0.5) is 13.2 Å². The molecule has 9 heteroatoms. The maximum absolute atomic E-state index is 12.1. The molecule has 1 aliphatic rings. The summed E-state index contributed by atoms with van der Waals surface area (Å²) >= 11 is 1.11. The van der Waals surface area contributed by atoms with Crippen LogP contribution in [0.5, 0.6) is 5.06 Å². The van der Waals surface area contributed by atoms with E-state index < -0.39 is 12.8 Å². The molecule has 2 atom stereocenters. The monoisotopic (exact) mass is 358 g/mol. The number of alkyl halides is 3. The summed E-state index contributed by atoms with van der Waals surface area (Å²) in [5.74, 6) is -0.0629. The van der Waals surface area contributed by atoms with Crippen LogP contribution in [-0.4, -0.2) is 31.8 Å². The molecule has 1 aromatic rings. The van der Waals surface area contributed by atoms with E-state index in [9.17, 15) is 18.0 Å². The van der Waals surface area contributed by atoms with Crippen molar-refractivity contribution in [2.24, 2.45) is 5.92 Å². The molecular weight excluding hydrogens is 341 g/mol. The summed E-state index contributed by atoms with van der Waals surface area (Å²) in [7, 11) is 0.